The predicted octanol–water partition coefficient (Wildman–Crippen LogP) is 3.07. The molecule has 0 radical (unpaired) electrons. The van der Waals surface area contributed by atoms with Crippen molar-refractivity contribution in [3.8, 4) is 0 Å². The van der Waals surface area contributed by atoms with E-state index in [1.165, 1.54) is 6.08 Å². The Kier molecular flexibility index (Phi) is 5.04. The van der Waals surface area contributed by atoms with Crippen LogP contribution in [0.5, 0.6) is 0 Å². The average Bonchev–Trinajstić information content (AvgIpc) is 2.48. The Bertz CT molecular complexity index is 683. The molecule has 0 aromatic heterocycles. The van der Waals surface area contributed by atoms with E-state index in [-0.39, 0.29) is 10.6 Å². The molecule has 0 N–H and O–H groups in total. The third-order valence-corrected chi connectivity index (χ3v) is 6.38. The SMILES string of the molecule is CC1CCN(c2ccc(S(=O)(=O)C(C)C)c(N=C=O)c2)CC1. The molecule has 0 atom stereocenters. The Hall–Kier alpha value is -1.65. The Morgan fingerprint density at radius 2 is 1.91 bits per heavy atom. The minimum atomic E-state index is -3.48. The number of benzene rings is 1. The number of nitrogens with zero attached hydrogens (tertiary/aromatic N) is 2. The maximum Gasteiger partial charge on any atom is 0.240 e. The summed E-state index contributed by atoms with van der Waals surface area (Å²) in [7, 11) is -3.48. The zero-order chi connectivity index (χ0) is 16.3. The first-order chi connectivity index (χ1) is 10.4. The molecule has 1 aliphatic heterocycles. The summed E-state index contributed by atoms with van der Waals surface area (Å²) < 4.78 is 24.7. The normalized spacial score (nSPS) is 16.6. The van der Waals surface area contributed by atoms with E-state index < -0.39 is 15.1 Å². The molecule has 1 aromatic carbocycles. The molecule has 0 amide bonds. The molecule has 0 spiro atoms. The Morgan fingerprint density at radius 1 is 1.27 bits per heavy atom. The van der Waals surface area contributed by atoms with Crippen LogP contribution in [0.3, 0.4) is 0 Å². The van der Waals surface area contributed by atoms with Gasteiger partial charge in [-0.1, -0.05) is 6.92 Å². The fraction of sp³-hybridized carbons (Fsp3) is 0.562. The van der Waals surface area contributed by atoms with E-state index in [0.717, 1.165) is 31.6 Å². The van der Waals surface area contributed by atoms with E-state index in [0.29, 0.717) is 5.92 Å². The van der Waals surface area contributed by atoms with Gasteiger partial charge >= 0.3 is 0 Å². The van der Waals surface area contributed by atoms with Crippen LogP contribution in [-0.2, 0) is 14.6 Å². The Morgan fingerprint density at radius 3 is 2.45 bits per heavy atom. The van der Waals surface area contributed by atoms with Gasteiger partial charge in [0.15, 0.2) is 9.84 Å². The molecule has 0 bridgehead atoms. The first kappa shape index (κ1) is 16.7. The summed E-state index contributed by atoms with van der Waals surface area (Å²) in [6.07, 6.45) is 3.68. The van der Waals surface area contributed by atoms with Crippen molar-refractivity contribution in [1.29, 1.82) is 0 Å². The number of carbonyl (C=O) groups excluding carboxylic acids is 1. The monoisotopic (exact) mass is 322 g/mol. The lowest BCUT2D eigenvalue weighted by molar-refractivity contribution is 0.438. The van der Waals surface area contributed by atoms with E-state index in [9.17, 15) is 13.2 Å². The van der Waals surface area contributed by atoms with Gasteiger partial charge in [0.25, 0.3) is 0 Å². The van der Waals surface area contributed by atoms with Gasteiger partial charge in [0, 0.05) is 18.8 Å². The topological polar surface area (TPSA) is 66.8 Å². The molecule has 2 rings (SSSR count). The maximum atomic E-state index is 12.4. The number of isocyanates is 1. The summed E-state index contributed by atoms with van der Waals surface area (Å²) in [4.78, 5) is 16.6. The molecule has 1 aromatic rings. The van der Waals surface area contributed by atoms with Crippen molar-refractivity contribution in [1.82, 2.24) is 0 Å². The summed E-state index contributed by atoms with van der Waals surface area (Å²) in [5.41, 5.74) is 1.09. The molecule has 1 heterocycles. The number of aliphatic imine (C=N–C) groups is 1. The zero-order valence-corrected chi connectivity index (χ0v) is 14.1. The lowest BCUT2D eigenvalue weighted by atomic mass is 9.99. The summed E-state index contributed by atoms with van der Waals surface area (Å²) in [5, 5.41) is -0.560. The van der Waals surface area contributed by atoms with E-state index in [2.05, 4.69) is 16.8 Å². The molecule has 1 aliphatic rings. The van der Waals surface area contributed by atoms with Crippen LogP contribution in [0.15, 0.2) is 28.1 Å². The van der Waals surface area contributed by atoms with Crippen LogP contribution in [-0.4, -0.2) is 32.8 Å². The van der Waals surface area contributed by atoms with Crippen LogP contribution >= 0.6 is 0 Å². The molecule has 6 heteroatoms. The van der Waals surface area contributed by atoms with Crippen LogP contribution in [0.4, 0.5) is 11.4 Å². The van der Waals surface area contributed by atoms with E-state index >= 15 is 0 Å². The van der Waals surface area contributed by atoms with Gasteiger partial charge in [-0.2, -0.15) is 4.99 Å². The van der Waals surface area contributed by atoms with E-state index in [4.69, 9.17) is 0 Å². The van der Waals surface area contributed by atoms with Gasteiger partial charge in [-0.3, -0.25) is 0 Å². The predicted molar refractivity (Wildman–Crippen MR) is 87.2 cm³/mol. The van der Waals surface area contributed by atoms with Crippen molar-refractivity contribution < 1.29 is 13.2 Å². The van der Waals surface area contributed by atoms with Crippen molar-refractivity contribution in [3.05, 3.63) is 18.2 Å². The second kappa shape index (κ2) is 6.63. The van der Waals surface area contributed by atoms with Crippen LogP contribution in [0.25, 0.3) is 0 Å². The minimum Gasteiger partial charge on any atom is -0.371 e. The lowest BCUT2D eigenvalue weighted by Gasteiger charge is -2.32. The highest BCUT2D eigenvalue weighted by molar-refractivity contribution is 7.92. The van der Waals surface area contributed by atoms with Gasteiger partial charge in [0.2, 0.25) is 6.08 Å². The fourth-order valence-corrected chi connectivity index (χ4v) is 3.76. The third-order valence-electron chi connectivity index (χ3n) is 4.18. The highest BCUT2D eigenvalue weighted by Gasteiger charge is 2.24. The van der Waals surface area contributed by atoms with Crippen LogP contribution < -0.4 is 4.90 Å². The molecule has 0 aliphatic carbocycles. The Labute approximate surface area is 132 Å². The largest absolute Gasteiger partial charge is 0.371 e. The molecule has 1 fully saturated rings. The zero-order valence-electron chi connectivity index (χ0n) is 13.2. The van der Waals surface area contributed by atoms with Gasteiger partial charge in [0.1, 0.15) is 0 Å². The summed E-state index contributed by atoms with van der Waals surface area (Å²) in [6.45, 7) is 7.33. The number of hydrogen-bond donors (Lipinski definition) is 0. The van der Waals surface area contributed by atoms with Crippen LogP contribution in [0.2, 0.25) is 0 Å². The molecule has 0 unspecified atom stereocenters. The molecule has 5 nitrogen and oxygen atoms in total. The highest BCUT2D eigenvalue weighted by atomic mass is 32.2. The van der Waals surface area contributed by atoms with Gasteiger partial charge < -0.3 is 4.90 Å². The Balaban J connectivity index is 2.42. The van der Waals surface area contributed by atoms with Gasteiger partial charge in [-0.25, -0.2) is 13.2 Å². The molecule has 1 saturated heterocycles. The highest BCUT2D eigenvalue weighted by Crippen LogP contribution is 2.33. The van der Waals surface area contributed by atoms with Crippen molar-refractivity contribution in [2.75, 3.05) is 18.0 Å². The van der Waals surface area contributed by atoms with Gasteiger partial charge in [-0.05, 0) is 50.8 Å². The first-order valence-corrected chi connectivity index (χ1v) is 9.11. The van der Waals surface area contributed by atoms with E-state index in [1.807, 2.05) is 0 Å². The van der Waals surface area contributed by atoms with Gasteiger partial charge in [0.05, 0.1) is 15.8 Å². The molecular weight excluding hydrogens is 300 g/mol. The van der Waals surface area contributed by atoms with Crippen molar-refractivity contribution >= 4 is 27.3 Å². The summed E-state index contributed by atoms with van der Waals surface area (Å²) >= 11 is 0. The number of rotatable bonds is 4. The number of piperidine rings is 1. The summed E-state index contributed by atoms with van der Waals surface area (Å²) in [5.74, 6) is 0.712. The van der Waals surface area contributed by atoms with Crippen molar-refractivity contribution in [2.45, 2.75) is 43.8 Å². The quantitative estimate of drug-likeness (QED) is 0.631. The van der Waals surface area contributed by atoms with E-state index in [1.54, 1.807) is 32.0 Å². The second-order valence-electron chi connectivity index (χ2n) is 6.12. The van der Waals surface area contributed by atoms with Crippen molar-refractivity contribution in [3.63, 3.8) is 0 Å². The molecular formula is C16H22N2O3S. The maximum absolute atomic E-state index is 12.4. The molecule has 120 valence electrons. The second-order valence-corrected chi connectivity index (χ2v) is 8.59. The number of hydrogen-bond acceptors (Lipinski definition) is 5. The van der Waals surface area contributed by atoms with Gasteiger partial charge in [-0.15, -0.1) is 0 Å². The number of anilines is 1. The average molecular weight is 322 g/mol. The lowest BCUT2D eigenvalue weighted by Crippen LogP contribution is -2.32. The molecule has 22 heavy (non-hydrogen) atoms. The summed E-state index contributed by atoms with van der Waals surface area (Å²) in [6, 6.07) is 5.03. The number of sulfone groups is 1. The third kappa shape index (κ3) is 3.39. The smallest absolute Gasteiger partial charge is 0.240 e. The van der Waals surface area contributed by atoms with Crippen molar-refractivity contribution in [2.24, 2.45) is 10.9 Å². The first-order valence-electron chi connectivity index (χ1n) is 7.57. The fourth-order valence-electron chi connectivity index (χ4n) is 2.60. The van der Waals surface area contributed by atoms with Crippen LogP contribution in [0.1, 0.15) is 33.6 Å². The minimum absolute atomic E-state index is 0.0972. The standard InChI is InChI=1S/C16H22N2O3S/c1-12(2)22(20,21)16-5-4-14(10-15(16)17-11-19)18-8-6-13(3)7-9-18/h4-5,10,12-13H,6-9H2,1-3H3. The van der Waals surface area contributed by atoms with Crippen LogP contribution in [0, 0.1) is 5.92 Å². The molecule has 0 saturated carbocycles.